The summed E-state index contributed by atoms with van der Waals surface area (Å²) in [6.07, 6.45) is 3.26. The van der Waals surface area contributed by atoms with Gasteiger partial charge in [0.1, 0.15) is 5.41 Å². The summed E-state index contributed by atoms with van der Waals surface area (Å²) in [5.74, 6) is 0.214. The van der Waals surface area contributed by atoms with E-state index in [0.717, 1.165) is 42.2 Å². The zero-order valence-electron chi connectivity index (χ0n) is 22.9. The Balaban J connectivity index is 1.86. The molecular weight excluding hydrogens is 457 g/mol. The van der Waals surface area contributed by atoms with Crippen molar-refractivity contribution >= 4 is 13.8 Å². The average Bonchev–Trinajstić information content (AvgIpc) is 3.32. The van der Waals surface area contributed by atoms with Crippen molar-refractivity contribution in [3.63, 3.8) is 0 Å². The molecule has 1 atom stereocenters. The Morgan fingerprint density at radius 1 is 0.722 bits per heavy atom. The number of likely N-dealkylation sites (tertiary alicyclic amines) is 1. The second-order valence-electron chi connectivity index (χ2n) is 12.1. The molecule has 3 aromatic rings. The highest BCUT2D eigenvalue weighted by Gasteiger charge is 2.49. The van der Waals surface area contributed by atoms with E-state index in [1.165, 1.54) is 0 Å². The lowest BCUT2D eigenvalue weighted by atomic mass is 9.68. The van der Waals surface area contributed by atoms with E-state index < -0.39 is 5.41 Å². The molecule has 1 aliphatic rings. The van der Waals surface area contributed by atoms with Crippen LogP contribution in [-0.2, 0) is 10.2 Å². The van der Waals surface area contributed by atoms with Gasteiger partial charge in [0, 0.05) is 12.6 Å². The molecule has 190 valence electrons. The SMILES string of the molecule is CC(C)(C)P(C[C@@H]1CCCN1C(=O)C(c1ccccc1)(c1ccccc1)c1ccccc1)C(C)(C)C. The maximum atomic E-state index is 15.1. The number of carbonyl (C=O) groups excluding carboxylic acids is 1. The van der Waals surface area contributed by atoms with E-state index in [1.807, 2.05) is 18.2 Å². The van der Waals surface area contributed by atoms with E-state index in [9.17, 15) is 0 Å². The van der Waals surface area contributed by atoms with Crippen LogP contribution >= 0.6 is 7.92 Å². The maximum absolute atomic E-state index is 15.1. The molecule has 1 aliphatic heterocycles. The van der Waals surface area contributed by atoms with Crippen molar-refractivity contribution in [2.45, 2.75) is 76.2 Å². The third-order valence-corrected chi connectivity index (χ3v) is 11.6. The summed E-state index contributed by atoms with van der Waals surface area (Å²) in [6, 6.07) is 31.5. The van der Waals surface area contributed by atoms with Crippen LogP contribution in [0, 0.1) is 0 Å². The molecule has 1 heterocycles. The molecule has 0 radical (unpaired) electrons. The maximum Gasteiger partial charge on any atom is 0.242 e. The van der Waals surface area contributed by atoms with Crippen molar-refractivity contribution in [3.05, 3.63) is 108 Å². The molecule has 1 saturated heterocycles. The second kappa shape index (κ2) is 10.5. The standard InChI is InChI=1S/C33H42NOP/c1-31(2,3)36(32(4,5)6)25-29-23-16-24-34(29)30(35)33(26-17-10-7-11-18-26,27-19-12-8-13-20-27)28-21-14-9-15-22-28/h7-15,17-22,29H,16,23-25H2,1-6H3/t29-/m0/s1. The first-order valence-corrected chi connectivity index (χ1v) is 14.8. The summed E-state index contributed by atoms with van der Waals surface area (Å²) in [5, 5.41) is 0.473. The number of hydrogen-bond donors (Lipinski definition) is 0. The second-order valence-corrected chi connectivity index (χ2v) is 16.0. The van der Waals surface area contributed by atoms with Gasteiger partial charge in [-0.2, -0.15) is 0 Å². The van der Waals surface area contributed by atoms with E-state index in [0.29, 0.717) is 0 Å². The molecule has 0 aromatic heterocycles. The van der Waals surface area contributed by atoms with E-state index in [2.05, 4.69) is 119 Å². The molecule has 36 heavy (non-hydrogen) atoms. The first-order valence-electron chi connectivity index (χ1n) is 13.3. The topological polar surface area (TPSA) is 20.3 Å². The fourth-order valence-electron chi connectivity index (χ4n) is 6.21. The van der Waals surface area contributed by atoms with Gasteiger partial charge in [-0.05, 0) is 46.0 Å². The first kappa shape index (κ1) is 26.6. The van der Waals surface area contributed by atoms with Crippen LogP contribution in [0.2, 0.25) is 0 Å². The molecule has 0 bridgehead atoms. The van der Waals surface area contributed by atoms with Gasteiger partial charge in [0.2, 0.25) is 5.91 Å². The van der Waals surface area contributed by atoms with E-state index >= 15 is 4.79 Å². The Bertz CT molecular complexity index is 1020. The Labute approximate surface area is 219 Å². The molecule has 4 rings (SSSR count). The van der Waals surface area contributed by atoms with Crippen molar-refractivity contribution in [2.75, 3.05) is 12.7 Å². The van der Waals surface area contributed by atoms with Crippen LogP contribution in [0.4, 0.5) is 0 Å². The summed E-state index contributed by atoms with van der Waals surface area (Å²) < 4.78 is 0. The minimum Gasteiger partial charge on any atom is -0.338 e. The summed E-state index contributed by atoms with van der Waals surface area (Å²) in [6.45, 7) is 15.1. The Morgan fingerprint density at radius 3 is 1.47 bits per heavy atom. The number of amides is 1. The average molecular weight is 500 g/mol. The predicted molar refractivity (Wildman–Crippen MR) is 155 cm³/mol. The number of carbonyl (C=O) groups is 1. The summed E-state index contributed by atoms with van der Waals surface area (Å²) >= 11 is 0. The van der Waals surface area contributed by atoms with Crippen molar-refractivity contribution in [2.24, 2.45) is 0 Å². The number of rotatable bonds is 6. The van der Waals surface area contributed by atoms with E-state index in [4.69, 9.17) is 0 Å². The fourth-order valence-corrected chi connectivity index (χ4v) is 10.1. The summed E-state index contributed by atoms with van der Waals surface area (Å²) in [5.41, 5.74) is 2.23. The fraction of sp³-hybridized carbons (Fsp3) is 0.424. The van der Waals surface area contributed by atoms with Gasteiger partial charge < -0.3 is 4.90 Å². The van der Waals surface area contributed by atoms with Crippen molar-refractivity contribution in [1.29, 1.82) is 0 Å². The molecule has 3 aromatic carbocycles. The molecule has 0 unspecified atom stereocenters. The van der Waals surface area contributed by atoms with Crippen LogP contribution < -0.4 is 0 Å². The Hall–Kier alpha value is -2.44. The quantitative estimate of drug-likeness (QED) is 0.248. The summed E-state index contributed by atoms with van der Waals surface area (Å²) in [4.78, 5) is 17.3. The molecular formula is C33H42NOP. The van der Waals surface area contributed by atoms with Crippen molar-refractivity contribution in [3.8, 4) is 0 Å². The molecule has 0 saturated carbocycles. The van der Waals surface area contributed by atoms with Crippen LogP contribution in [0.25, 0.3) is 0 Å². The lowest BCUT2D eigenvalue weighted by Crippen LogP contribution is -2.51. The monoisotopic (exact) mass is 499 g/mol. The van der Waals surface area contributed by atoms with Gasteiger partial charge in [-0.15, -0.1) is 0 Å². The van der Waals surface area contributed by atoms with Crippen LogP contribution in [0.15, 0.2) is 91.0 Å². The number of nitrogens with zero attached hydrogens (tertiary/aromatic N) is 1. The highest BCUT2D eigenvalue weighted by molar-refractivity contribution is 7.60. The molecule has 0 aliphatic carbocycles. The first-order chi connectivity index (χ1) is 17.1. The Morgan fingerprint density at radius 2 is 1.11 bits per heavy atom. The zero-order valence-corrected chi connectivity index (χ0v) is 23.8. The zero-order chi connectivity index (χ0) is 26.0. The van der Waals surface area contributed by atoms with Gasteiger partial charge >= 0.3 is 0 Å². The molecule has 1 fully saturated rings. The van der Waals surface area contributed by atoms with Gasteiger partial charge in [0.15, 0.2) is 0 Å². The van der Waals surface area contributed by atoms with Gasteiger partial charge in [0.05, 0.1) is 0 Å². The Kier molecular flexibility index (Phi) is 7.77. The van der Waals surface area contributed by atoms with Crippen LogP contribution in [0.5, 0.6) is 0 Å². The highest BCUT2D eigenvalue weighted by atomic mass is 31.1. The van der Waals surface area contributed by atoms with Gasteiger partial charge in [-0.1, -0.05) is 140 Å². The van der Waals surface area contributed by atoms with Gasteiger partial charge in [-0.3, -0.25) is 4.79 Å². The lowest BCUT2D eigenvalue weighted by molar-refractivity contribution is -0.135. The van der Waals surface area contributed by atoms with Crippen molar-refractivity contribution in [1.82, 2.24) is 4.90 Å². The number of benzene rings is 3. The van der Waals surface area contributed by atoms with Gasteiger partial charge in [-0.25, -0.2) is 0 Å². The molecule has 1 amide bonds. The number of hydrogen-bond acceptors (Lipinski definition) is 1. The normalized spacial score (nSPS) is 17.0. The highest BCUT2D eigenvalue weighted by Crippen LogP contribution is 2.60. The summed E-state index contributed by atoms with van der Waals surface area (Å²) in [7, 11) is -0.298. The lowest BCUT2D eigenvalue weighted by Gasteiger charge is -2.45. The van der Waals surface area contributed by atoms with Crippen LogP contribution in [0.1, 0.15) is 71.1 Å². The molecule has 0 N–H and O–H groups in total. The smallest absolute Gasteiger partial charge is 0.242 e. The minimum absolute atomic E-state index is 0.214. The minimum atomic E-state index is -0.876. The molecule has 0 spiro atoms. The van der Waals surface area contributed by atoms with Crippen LogP contribution in [-0.4, -0.2) is 39.9 Å². The third kappa shape index (κ3) is 5.16. The van der Waals surface area contributed by atoms with E-state index in [-0.39, 0.29) is 30.2 Å². The third-order valence-electron chi connectivity index (χ3n) is 7.59. The molecule has 3 heteroatoms. The van der Waals surface area contributed by atoms with Crippen molar-refractivity contribution < 1.29 is 4.79 Å². The molecule has 2 nitrogen and oxygen atoms in total. The largest absolute Gasteiger partial charge is 0.338 e. The van der Waals surface area contributed by atoms with Gasteiger partial charge in [0.25, 0.3) is 0 Å². The van der Waals surface area contributed by atoms with Crippen LogP contribution in [0.3, 0.4) is 0 Å². The predicted octanol–water partition coefficient (Wildman–Crippen LogP) is 8.09. The van der Waals surface area contributed by atoms with E-state index in [1.54, 1.807) is 0 Å².